The average Bonchev–Trinajstić information content (AvgIpc) is 2.36. The second-order valence-electron chi connectivity index (χ2n) is 5.39. The van der Waals surface area contributed by atoms with Crippen molar-refractivity contribution in [3.05, 3.63) is 27.7 Å². The summed E-state index contributed by atoms with van der Waals surface area (Å²) in [5.41, 5.74) is 8.55. The van der Waals surface area contributed by atoms with E-state index in [2.05, 4.69) is 22.0 Å². The number of aryl methyl sites for hydroxylation is 1. The zero-order chi connectivity index (χ0) is 14.0. The van der Waals surface area contributed by atoms with Crippen LogP contribution in [0.2, 0.25) is 0 Å². The molecule has 0 bridgehead atoms. The van der Waals surface area contributed by atoms with Gasteiger partial charge in [-0.3, -0.25) is 0 Å². The molecule has 1 aliphatic rings. The van der Waals surface area contributed by atoms with Crippen molar-refractivity contribution in [2.45, 2.75) is 44.2 Å². The highest BCUT2D eigenvalue weighted by molar-refractivity contribution is 9.10. The second-order valence-corrected chi connectivity index (χ2v) is 6.25. The van der Waals surface area contributed by atoms with Crippen molar-refractivity contribution in [1.82, 2.24) is 0 Å². The number of benzene rings is 1. The van der Waals surface area contributed by atoms with Gasteiger partial charge in [-0.25, -0.2) is 0 Å². The molecular weight excluding hydrogens is 306 g/mol. The van der Waals surface area contributed by atoms with Gasteiger partial charge < -0.3 is 15.2 Å². The van der Waals surface area contributed by atoms with Crippen molar-refractivity contribution >= 4 is 15.9 Å². The fourth-order valence-electron chi connectivity index (χ4n) is 2.71. The van der Waals surface area contributed by atoms with Gasteiger partial charge in [-0.1, -0.05) is 15.9 Å². The molecule has 0 spiro atoms. The van der Waals surface area contributed by atoms with E-state index in [1.807, 2.05) is 13.0 Å². The van der Waals surface area contributed by atoms with Gasteiger partial charge in [-0.15, -0.1) is 0 Å². The molecule has 1 aromatic rings. The predicted molar refractivity (Wildman–Crippen MR) is 80.6 cm³/mol. The standard InChI is InChI=1S/C15H22BrNO2/c1-10-7-14(18-2)11(8-12(10)16)13(17)9-15(19-3)5-4-6-15/h7-8,13H,4-6,9,17H2,1-3H3. The summed E-state index contributed by atoms with van der Waals surface area (Å²) in [6.45, 7) is 2.05. The molecular formula is C15H22BrNO2. The molecule has 2 N–H and O–H groups in total. The van der Waals surface area contributed by atoms with Gasteiger partial charge in [0.25, 0.3) is 0 Å². The summed E-state index contributed by atoms with van der Waals surface area (Å²) in [6, 6.07) is 4.03. The largest absolute Gasteiger partial charge is 0.496 e. The van der Waals surface area contributed by atoms with Gasteiger partial charge in [0, 0.05) is 23.2 Å². The van der Waals surface area contributed by atoms with Crippen molar-refractivity contribution in [2.75, 3.05) is 14.2 Å². The molecule has 0 heterocycles. The lowest BCUT2D eigenvalue weighted by molar-refractivity contribution is -0.0817. The highest BCUT2D eigenvalue weighted by Gasteiger charge is 2.39. The third kappa shape index (κ3) is 2.96. The van der Waals surface area contributed by atoms with Crippen LogP contribution in [-0.4, -0.2) is 19.8 Å². The number of methoxy groups -OCH3 is 2. The molecule has 4 heteroatoms. The first-order valence-electron chi connectivity index (χ1n) is 6.66. The zero-order valence-corrected chi connectivity index (χ0v) is 13.4. The number of rotatable bonds is 5. The third-order valence-electron chi connectivity index (χ3n) is 4.20. The topological polar surface area (TPSA) is 44.5 Å². The van der Waals surface area contributed by atoms with E-state index in [1.165, 1.54) is 6.42 Å². The highest BCUT2D eigenvalue weighted by Crippen LogP contribution is 2.43. The highest BCUT2D eigenvalue weighted by atomic mass is 79.9. The Bertz CT molecular complexity index is 452. The van der Waals surface area contributed by atoms with Crippen molar-refractivity contribution in [1.29, 1.82) is 0 Å². The van der Waals surface area contributed by atoms with Crippen molar-refractivity contribution < 1.29 is 9.47 Å². The van der Waals surface area contributed by atoms with Crippen LogP contribution in [0.3, 0.4) is 0 Å². The molecule has 1 fully saturated rings. The van der Waals surface area contributed by atoms with E-state index in [1.54, 1.807) is 14.2 Å². The Kier molecular flexibility index (Phi) is 4.54. The molecule has 0 saturated heterocycles. The van der Waals surface area contributed by atoms with Crippen molar-refractivity contribution in [3.63, 3.8) is 0 Å². The normalized spacial score (nSPS) is 18.8. The van der Waals surface area contributed by atoms with Crippen molar-refractivity contribution in [3.8, 4) is 5.75 Å². The molecule has 1 aliphatic carbocycles. The summed E-state index contributed by atoms with van der Waals surface area (Å²) in [7, 11) is 3.47. The Morgan fingerprint density at radius 2 is 2.05 bits per heavy atom. The van der Waals surface area contributed by atoms with E-state index in [9.17, 15) is 0 Å². The van der Waals surface area contributed by atoms with Crippen LogP contribution in [0.25, 0.3) is 0 Å². The lowest BCUT2D eigenvalue weighted by atomic mass is 9.75. The Balaban J connectivity index is 2.23. The quantitative estimate of drug-likeness (QED) is 0.896. The van der Waals surface area contributed by atoms with E-state index in [4.69, 9.17) is 15.2 Å². The molecule has 0 aromatic heterocycles. The minimum atomic E-state index is -0.0629. The summed E-state index contributed by atoms with van der Waals surface area (Å²) in [5.74, 6) is 0.860. The molecule has 2 rings (SSSR count). The van der Waals surface area contributed by atoms with E-state index in [0.29, 0.717) is 0 Å². The molecule has 1 aromatic carbocycles. The van der Waals surface area contributed by atoms with Gasteiger partial charge in [-0.2, -0.15) is 0 Å². The van der Waals surface area contributed by atoms with Gasteiger partial charge in [0.15, 0.2) is 0 Å². The first kappa shape index (κ1) is 14.8. The van der Waals surface area contributed by atoms with Gasteiger partial charge in [0.05, 0.1) is 12.7 Å². The third-order valence-corrected chi connectivity index (χ3v) is 5.05. The van der Waals surface area contributed by atoms with E-state index in [0.717, 1.165) is 40.6 Å². The maximum atomic E-state index is 6.38. The number of hydrogen-bond donors (Lipinski definition) is 1. The molecule has 3 nitrogen and oxygen atoms in total. The maximum absolute atomic E-state index is 6.38. The fourth-order valence-corrected chi connectivity index (χ4v) is 3.07. The summed E-state index contributed by atoms with van der Waals surface area (Å²) < 4.78 is 12.2. The molecule has 19 heavy (non-hydrogen) atoms. The van der Waals surface area contributed by atoms with Gasteiger partial charge >= 0.3 is 0 Å². The van der Waals surface area contributed by atoms with Crippen LogP contribution in [0.1, 0.15) is 42.9 Å². The van der Waals surface area contributed by atoms with E-state index < -0.39 is 0 Å². The lowest BCUT2D eigenvalue weighted by Crippen LogP contribution is -2.41. The molecule has 1 unspecified atom stereocenters. The molecule has 0 amide bonds. The van der Waals surface area contributed by atoms with Crippen LogP contribution >= 0.6 is 15.9 Å². The molecule has 106 valence electrons. The molecule has 1 saturated carbocycles. The first-order chi connectivity index (χ1) is 9.01. The lowest BCUT2D eigenvalue weighted by Gasteiger charge is -2.42. The molecule has 1 atom stereocenters. The molecule has 0 radical (unpaired) electrons. The van der Waals surface area contributed by atoms with Crippen LogP contribution in [0, 0.1) is 6.92 Å². The van der Waals surface area contributed by atoms with Crippen LogP contribution in [-0.2, 0) is 4.74 Å². The summed E-state index contributed by atoms with van der Waals surface area (Å²) in [4.78, 5) is 0. The monoisotopic (exact) mass is 327 g/mol. The minimum absolute atomic E-state index is 0.0260. The first-order valence-corrected chi connectivity index (χ1v) is 7.45. The Labute approximate surface area is 123 Å². The average molecular weight is 328 g/mol. The van der Waals surface area contributed by atoms with Crippen LogP contribution in [0.5, 0.6) is 5.75 Å². The number of nitrogens with two attached hydrogens (primary N) is 1. The summed E-state index contributed by atoms with van der Waals surface area (Å²) in [5, 5.41) is 0. The number of ether oxygens (including phenoxy) is 2. The maximum Gasteiger partial charge on any atom is 0.123 e. The fraction of sp³-hybridized carbons (Fsp3) is 0.600. The SMILES string of the molecule is COc1cc(C)c(Br)cc1C(N)CC1(OC)CCC1. The zero-order valence-electron chi connectivity index (χ0n) is 11.8. The van der Waals surface area contributed by atoms with Gasteiger partial charge in [0.1, 0.15) is 5.75 Å². The van der Waals surface area contributed by atoms with Crippen LogP contribution in [0.4, 0.5) is 0 Å². The summed E-state index contributed by atoms with van der Waals surface area (Å²) in [6.07, 6.45) is 4.28. The minimum Gasteiger partial charge on any atom is -0.496 e. The van der Waals surface area contributed by atoms with Crippen LogP contribution < -0.4 is 10.5 Å². The number of halogens is 1. The smallest absolute Gasteiger partial charge is 0.123 e. The second kappa shape index (κ2) is 5.81. The van der Waals surface area contributed by atoms with E-state index >= 15 is 0 Å². The predicted octanol–water partition coefficient (Wildman–Crippen LogP) is 3.73. The number of hydrogen-bond acceptors (Lipinski definition) is 3. The van der Waals surface area contributed by atoms with Crippen LogP contribution in [0.15, 0.2) is 16.6 Å². The summed E-state index contributed by atoms with van der Waals surface area (Å²) >= 11 is 3.56. The molecule has 0 aliphatic heterocycles. The van der Waals surface area contributed by atoms with Gasteiger partial charge in [-0.05, 0) is 50.3 Å². The Hall–Kier alpha value is -0.580. The van der Waals surface area contributed by atoms with E-state index in [-0.39, 0.29) is 11.6 Å². The Morgan fingerprint density at radius 1 is 1.37 bits per heavy atom. The Morgan fingerprint density at radius 3 is 2.53 bits per heavy atom. The van der Waals surface area contributed by atoms with Crippen molar-refractivity contribution in [2.24, 2.45) is 5.73 Å². The van der Waals surface area contributed by atoms with Gasteiger partial charge in [0.2, 0.25) is 0 Å².